The van der Waals surface area contributed by atoms with Crippen LogP contribution in [0, 0.1) is 6.92 Å². The number of hydrogen-bond donors (Lipinski definition) is 1. The van der Waals surface area contributed by atoms with Crippen LogP contribution in [0.15, 0.2) is 29.0 Å². The number of pyridine rings is 1. The van der Waals surface area contributed by atoms with E-state index in [2.05, 4.69) is 27.5 Å². The maximum Gasteiger partial charge on any atom is 0.253 e. The monoisotopic (exact) mass is 303 g/mol. The molecule has 0 aliphatic carbocycles. The highest BCUT2D eigenvalue weighted by Gasteiger charge is 2.13. The first-order valence-electron chi connectivity index (χ1n) is 6.94. The maximum absolute atomic E-state index is 12.2. The van der Waals surface area contributed by atoms with E-state index in [0.29, 0.717) is 18.2 Å². The Morgan fingerprint density at radius 1 is 1.38 bits per heavy atom. The van der Waals surface area contributed by atoms with Gasteiger partial charge in [-0.15, -0.1) is 0 Å². The summed E-state index contributed by atoms with van der Waals surface area (Å²) in [6, 6.07) is 6.09. The van der Waals surface area contributed by atoms with E-state index in [9.17, 15) is 4.79 Å². The first kappa shape index (κ1) is 15.7. The van der Waals surface area contributed by atoms with Crippen molar-refractivity contribution in [1.82, 2.24) is 15.2 Å². The van der Waals surface area contributed by atoms with Crippen LogP contribution in [0.3, 0.4) is 0 Å². The summed E-state index contributed by atoms with van der Waals surface area (Å²) in [6.45, 7) is 4.57. The largest absolute Gasteiger partial charge is 0.350 e. The molecule has 1 N–H and O–H groups in total. The molecule has 1 unspecified atom stereocenters. The lowest BCUT2D eigenvalue weighted by Gasteiger charge is -2.20. The van der Waals surface area contributed by atoms with Gasteiger partial charge < -0.3 is 10.2 Å². The van der Waals surface area contributed by atoms with Crippen molar-refractivity contribution in [2.24, 2.45) is 0 Å². The summed E-state index contributed by atoms with van der Waals surface area (Å²) in [5.74, 6) is -0.0643. The van der Waals surface area contributed by atoms with E-state index in [-0.39, 0.29) is 5.91 Å². The lowest BCUT2D eigenvalue weighted by Crippen LogP contribution is -2.38. The third-order valence-corrected chi connectivity index (χ3v) is 4.27. The standard InChI is InChI=1S/C16H21N3OS/c1-11(19(3)4)9-17-16(20)14-5-6-15(18-12(14)2)13-7-8-21-10-13/h5-8,10-11H,9H2,1-4H3,(H,17,20). The number of rotatable bonds is 5. The number of hydrogen-bond acceptors (Lipinski definition) is 4. The number of nitrogens with one attached hydrogen (secondary N) is 1. The van der Waals surface area contributed by atoms with Gasteiger partial charge in [-0.2, -0.15) is 11.3 Å². The van der Waals surface area contributed by atoms with Crippen LogP contribution in [0.5, 0.6) is 0 Å². The zero-order chi connectivity index (χ0) is 15.4. The van der Waals surface area contributed by atoms with Gasteiger partial charge in [0.05, 0.1) is 17.0 Å². The van der Waals surface area contributed by atoms with Crippen molar-refractivity contribution >= 4 is 17.2 Å². The minimum absolute atomic E-state index is 0.0643. The SMILES string of the molecule is Cc1nc(-c2ccsc2)ccc1C(=O)NCC(C)N(C)C. The predicted molar refractivity (Wildman–Crippen MR) is 87.8 cm³/mol. The van der Waals surface area contributed by atoms with Crippen molar-refractivity contribution in [3.8, 4) is 11.3 Å². The van der Waals surface area contributed by atoms with E-state index in [0.717, 1.165) is 17.0 Å². The number of aromatic nitrogens is 1. The van der Waals surface area contributed by atoms with Crippen LogP contribution in [0.25, 0.3) is 11.3 Å². The van der Waals surface area contributed by atoms with Gasteiger partial charge in [0.15, 0.2) is 0 Å². The summed E-state index contributed by atoms with van der Waals surface area (Å²) in [5.41, 5.74) is 3.40. The highest BCUT2D eigenvalue weighted by molar-refractivity contribution is 7.08. The lowest BCUT2D eigenvalue weighted by molar-refractivity contribution is 0.0942. The highest BCUT2D eigenvalue weighted by Crippen LogP contribution is 2.21. The summed E-state index contributed by atoms with van der Waals surface area (Å²) < 4.78 is 0. The van der Waals surface area contributed by atoms with E-state index < -0.39 is 0 Å². The minimum atomic E-state index is -0.0643. The van der Waals surface area contributed by atoms with Crippen molar-refractivity contribution in [3.63, 3.8) is 0 Å². The molecule has 1 atom stereocenters. The summed E-state index contributed by atoms with van der Waals surface area (Å²) in [4.78, 5) is 18.8. The van der Waals surface area contributed by atoms with Crippen molar-refractivity contribution in [2.75, 3.05) is 20.6 Å². The number of carbonyl (C=O) groups excluding carboxylic acids is 1. The van der Waals surface area contributed by atoms with Crippen LogP contribution in [0.4, 0.5) is 0 Å². The Labute approximate surface area is 129 Å². The minimum Gasteiger partial charge on any atom is -0.350 e. The zero-order valence-electron chi connectivity index (χ0n) is 12.9. The van der Waals surface area contributed by atoms with E-state index in [1.54, 1.807) is 11.3 Å². The molecule has 0 saturated carbocycles. The zero-order valence-corrected chi connectivity index (χ0v) is 13.7. The van der Waals surface area contributed by atoms with Crippen LogP contribution >= 0.6 is 11.3 Å². The Morgan fingerprint density at radius 2 is 2.14 bits per heavy atom. The molecule has 2 rings (SSSR count). The van der Waals surface area contributed by atoms with Crippen LogP contribution in [0.1, 0.15) is 23.0 Å². The molecular formula is C16H21N3OS. The van der Waals surface area contributed by atoms with Crippen LogP contribution in [-0.4, -0.2) is 42.5 Å². The number of aryl methyl sites for hydroxylation is 1. The normalized spacial score (nSPS) is 12.4. The molecule has 0 aliphatic rings. The molecule has 0 saturated heterocycles. The van der Waals surface area contributed by atoms with Crippen molar-refractivity contribution in [3.05, 3.63) is 40.2 Å². The average Bonchev–Trinajstić information content (AvgIpc) is 2.98. The number of thiophene rings is 1. The van der Waals surface area contributed by atoms with Gasteiger partial charge in [0.1, 0.15) is 0 Å². The van der Waals surface area contributed by atoms with Crippen LogP contribution in [0.2, 0.25) is 0 Å². The first-order valence-corrected chi connectivity index (χ1v) is 7.88. The van der Waals surface area contributed by atoms with E-state index in [1.165, 1.54) is 0 Å². The number of carbonyl (C=O) groups is 1. The van der Waals surface area contributed by atoms with Crippen molar-refractivity contribution in [1.29, 1.82) is 0 Å². The molecule has 4 nitrogen and oxygen atoms in total. The van der Waals surface area contributed by atoms with E-state index in [1.807, 2.05) is 44.6 Å². The second-order valence-electron chi connectivity index (χ2n) is 5.36. The molecule has 0 aromatic carbocycles. The fraction of sp³-hybridized carbons (Fsp3) is 0.375. The van der Waals surface area contributed by atoms with Crippen LogP contribution < -0.4 is 5.32 Å². The Morgan fingerprint density at radius 3 is 2.71 bits per heavy atom. The highest BCUT2D eigenvalue weighted by atomic mass is 32.1. The maximum atomic E-state index is 12.2. The molecule has 2 heterocycles. The van der Waals surface area contributed by atoms with Gasteiger partial charge >= 0.3 is 0 Å². The Kier molecular flexibility index (Phi) is 5.09. The summed E-state index contributed by atoms with van der Waals surface area (Å²) >= 11 is 1.64. The molecule has 2 aromatic rings. The van der Waals surface area contributed by atoms with E-state index >= 15 is 0 Å². The number of likely N-dealkylation sites (N-methyl/N-ethyl adjacent to an activating group) is 1. The van der Waals surface area contributed by atoms with Gasteiger partial charge in [0.25, 0.3) is 5.91 Å². The molecule has 0 bridgehead atoms. The fourth-order valence-electron chi connectivity index (χ4n) is 1.89. The molecule has 0 aliphatic heterocycles. The Bertz CT molecular complexity index is 608. The second-order valence-corrected chi connectivity index (χ2v) is 6.14. The topological polar surface area (TPSA) is 45.2 Å². The fourth-order valence-corrected chi connectivity index (χ4v) is 2.54. The number of amides is 1. The van der Waals surface area contributed by atoms with Gasteiger partial charge in [-0.25, -0.2) is 0 Å². The van der Waals surface area contributed by atoms with Gasteiger partial charge in [0, 0.05) is 23.5 Å². The molecule has 2 aromatic heterocycles. The molecule has 1 amide bonds. The molecule has 21 heavy (non-hydrogen) atoms. The molecule has 5 heteroatoms. The second kappa shape index (κ2) is 6.83. The van der Waals surface area contributed by atoms with Crippen LogP contribution in [-0.2, 0) is 0 Å². The first-order chi connectivity index (χ1) is 9.99. The van der Waals surface area contributed by atoms with Gasteiger partial charge in [-0.05, 0) is 51.5 Å². The molecule has 0 fully saturated rings. The third-order valence-electron chi connectivity index (χ3n) is 3.59. The Hall–Kier alpha value is -1.72. The van der Waals surface area contributed by atoms with Gasteiger partial charge in [0.2, 0.25) is 0 Å². The number of nitrogens with zero attached hydrogens (tertiary/aromatic N) is 2. The smallest absolute Gasteiger partial charge is 0.253 e. The molecular weight excluding hydrogens is 282 g/mol. The molecule has 112 valence electrons. The third kappa shape index (κ3) is 3.89. The van der Waals surface area contributed by atoms with Gasteiger partial charge in [-0.3, -0.25) is 9.78 Å². The molecule has 0 radical (unpaired) electrons. The van der Waals surface area contributed by atoms with E-state index in [4.69, 9.17) is 0 Å². The summed E-state index contributed by atoms with van der Waals surface area (Å²) in [7, 11) is 4.00. The average molecular weight is 303 g/mol. The van der Waals surface area contributed by atoms with Gasteiger partial charge in [-0.1, -0.05) is 0 Å². The van der Waals surface area contributed by atoms with Crippen molar-refractivity contribution in [2.45, 2.75) is 19.9 Å². The quantitative estimate of drug-likeness (QED) is 0.924. The predicted octanol–water partition coefficient (Wildman–Crippen LogP) is 2.80. The summed E-state index contributed by atoms with van der Waals surface area (Å²) in [6.07, 6.45) is 0. The molecule has 0 spiro atoms. The lowest BCUT2D eigenvalue weighted by atomic mass is 10.1. The summed E-state index contributed by atoms with van der Waals surface area (Å²) in [5, 5.41) is 7.04. The Balaban J connectivity index is 2.08. The van der Waals surface area contributed by atoms with Crippen molar-refractivity contribution < 1.29 is 4.79 Å².